The number of benzene rings is 1. The summed E-state index contributed by atoms with van der Waals surface area (Å²) in [5.41, 5.74) is 5.76. The molecule has 0 aliphatic carbocycles. The third-order valence-corrected chi connectivity index (χ3v) is 4.12. The zero-order valence-electron chi connectivity index (χ0n) is 16.0. The Morgan fingerprint density at radius 2 is 1.22 bits per heavy atom. The normalized spacial score (nSPS) is 10.1. The van der Waals surface area contributed by atoms with Gasteiger partial charge in [0, 0.05) is 17.9 Å². The zero-order chi connectivity index (χ0) is 17.1. The number of aryl methyl sites for hydroxylation is 4. The Hall–Kier alpha value is -1.16. The van der Waals surface area contributed by atoms with Crippen molar-refractivity contribution >= 4 is 0 Å². The Morgan fingerprint density at radius 1 is 0.778 bits per heavy atom. The predicted molar refractivity (Wildman–Crippen MR) is 95.4 cm³/mol. The second-order valence-electron chi connectivity index (χ2n) is 6.45. The first-order chi connectivity index (χ1) is 11.5. The molecule has 5 nitrogen and oxygen atoms in total. The summed E-state index contributed by atoms with van der Waals surface area (Å²) in [5, 5.41) is 9.21. The van der Waals surface area contributed by atoms with Gasteiger partial charge in [0.05, 0.1) is 24.7 Å². The molecule has 0 fully saturated rings. The van der Waals surface area contributed by atoms with Crippen LogP contribution >= 0.6 is 0 Å². The molecule has 3 aromatic rings. The number of hydrogen-bond donors (Lipinski definition) is 0. The molecule has 0 aliphatic rings. The second kappa shape index (κ2) is 11.6. The molecule has 3 rings (SSSR count). The van der Waals surface area contributed by atoms with Gasteiger partial charge in [-0.1, -0.05) is 30.3 Å². The van der Waals surface area contributed by atoms with Crippen LogP contribution in [0.25, 0.3) is 0 Å². The molecular weight excluding hydrogens is 476 g/mol. The molecule has 150 valence electrons. The van der Waals surface area contributed by atoms with E-state index in [1.165, 1.54) is 17.0 Å². The third kappa shape index (κ3) is 7.06. The maximum absolute atomic E-state index is 4.61. The van der Waals surface area contributed by atoms with Crippen molar-refractivity contribution in [2.75, 3.05) is 0 Å². The van der Waals surface area contributed by atoms with Gasteiger partial charge in [0.1, 0.15) is 0 Å². The van der Waals surface area contributed by atoms with Gasteiger partial charge in [0.2, 0.25) is 0 Å². The van der Waals surface area contributed by atoms with Crippen molar-refractivity contribution in [1.29, 1.82) is 0 Å². The monoisotopic (exact) mass is 499 g/mol. The summed E-state index contributed by atoms with van der Waals surface area (Å²) >= 11 is 0. The van der Waals surface area contributed by atoms with Crippen LogP contribution in [0.1, 0.15) is 28.3 Å². The van der Waals surface area contributed by atoms with Gasteiger partial charge in [-0.3, -0.25) is 14.3 Å². The van der Waals surface area contributed by atoms with Crippen molar-refractivity contribution in [3.05, 3.63) is 70.8 Å². The Kier molecular flexibility index (Phi) is 11.1. The molecule has 0 atom stereocenters. The van der Waals surface area contributed by atoms with Crippen LogP contribution in [0, 0.1) is 27.7 Å². The van der Waals surface area contributed by atoms with E-state index in [-0.39, 0.29) is 45.2 Å². The van der Waals surface area contributed by atoms with Gasteiger partial charge in [-0.25, -0.2) is 0 Å². The SMILES string of the molecule is Cc1cc(C)n(CN(Cc2ccccc2)Cn2nc(C)cc2C)n1.[Cl-].[Cl-].[Pd+2]. The fraction of sp³-hybridized carbons (Fsp3) is 0.368. The fourth-order valence-electron chi connectivity index (χ4n) is 3.00. The summed E-state index contributed by atoms with van der Waals surface area (Å²) in [4.78, 5) is 2.36. The van der Waals surface area contributed by atoms with Crippen LogP contribution in [0.2, 0.25) is 0 Å². The summed E-state index contributed by atoms with van der Waals surface area (Å²) in [6.07, 6.45) is 0. The molecule has 0 amide bonds. The molecule has 0 saturated carbocycles. The molecule has 0 saturated heterocycles. The standard InChI is InChI=1S/C19H25N5.2ClH.Pd/c1-15-10-17(3)23(20-15)13-22(12-19-8-6-5-7-9-19)14-24-18(4)11-16(2)21-24;;;/h5-11H,12-14H2,1-4H3;2*1H;/q;;;+2/p-2. The van der Waals surface area contributed by atoms with Gasteiger partial charge < -0.3 is 24.8 Å². The minimum atomic E-state index is 0. The van der Waals surface area contributed by atoms with E-state index in [9.17, 15) is 0 Å². The quantitative estimate of drug-likeness (QED) is 0.350. The maximum atomic E-state index is 4.61. The average molecular weight is 501 g/mol. The number of hydrogen-bond acceptors (Lipinski definition) is 3. The van der Waals surface area contributed by atoms with E-state index < -0.39 is 0 Å². The van der Waals surface area contributed by atoms with E-state index in [1.54, 1.807) is 0 Å². The minimum absolute atomic E-state index is 0. The summed E-state index contributed by atoms with van der Waals surface area (Å²) in [6, 6.07) is 14.8. The van der Waals surface area contributed by atoms with E-state index in [0.29, 0.717) is 0 Å². The van der Waals surface area contributed by atoms with Crippen LogP contribution in [0.4, 0.5) is 0 Å². The molecule has 0 radical (unpaired) electrons. The fourth-order valence-corrected chi connectivity index (χ4v) is 3.00. The second-order valence-corrected chi connectivity index (χ2v) is 6.45. The van der Waals surface area contributed by atoms with E-state index >= 15 is 0 Å². The van der Waals surface area contributed by atoms with Crippen molar-refractivity contribution in [3.63, 3.8) is 0 Å². The Morgan fingerprint density at radius 3 is 1.59 bits per heavy atom. The topological polar surface area (TPSA) is 38.9 Å². The van der Waals surface area contributed by atoms with Gasteiger partial charge in [0.15, 0.2) is 0 Å². The third-order valence-electron chi connectivity index (χ3n) is 4.12. The van der Waals surface area contributed by atoms with Gasteiger partial charge in [-0.15, -0.1) is 0 Å². The van der Waals surface area contributed by atoms with Crippen LogP contribution in [0.3, 0.4) is 0 Å². The first-order valence-corrected chi connectivity index (χ1v) is 8.29. The van der Waals surface area contributed by atoms with Crippen LogP contribution in [0.5, 0.6) is 0 Å². The van der Waals surface area contributed by atoms with Crippen molar-refractivity contribution < 1.29 is 45.2 Å². The van der Waals surface area contributed by atoms with Gasteiger partial charge in [0.25, 0.3) is 0 Å². The van der Waals surface area contributed by atoms with E-state index in [0.717, 1.165) is 31.3 Å². The number of halogens is 2. The first-order valence-electron chi connectivity index (χ1n) is 8.29. The smallest absolute Gasteiger partial charge is 1.00 e. The van der Waals surface area contributed by atoms with E-state index in [2.05, 4.69) is 80.8 Å². The molecule has 0 bridgehead atoms. The Bertz CT molecular complexity index is 769. The summed E-state index contributed by atoms with van der Waals surface area (Å²) in [6.45, 7) is 10.6. The average Bonchev–Trinajstić information content (AvgIpc) is 3.01. The van der Waals surface area contributed by atoms with Crippen LogP contribution < -0.4 is 24.8 Å². The number of rotatable bonds is 6. The molecule has 27 heavy (non-hydrogen) atoms. The minimum Gasteiger partial charge on any atom is -1.00 e. The van der Waals surface area contributed by atoms with E-state index in [4.69, 9.17) is 0 Å². The molecule has 2 heterocycles. The molecule has 0 N–H and O–H groups in total. The van der Waals surface area contributed by atoms with E-state index in [1.807, 2.05) is 13.8 Å². The van der Waals surface area contributed by atoms with Crippen molar-refractivity contribution in [3.8, 4) is 0 Å². The molecule has 0 spiro atoms. The van der Waals surface area contributed by atoms with Crippen molar-refractivity contribution in [1.82, 2.24) is 24.5 Å². The number of nitrogens with zero attached hydrogens (tertiary/aromatic N) is 5. The predicted octanol–water partition coefficient (Wildman–Crippen LogP) is -2.56. The molecule has 8 heteroatoms. The Labute approximate surface area is 187 Å². The van der Waals surface area contributed by atoms with Crippen molar-refractivity contribution in [2.24, 2.45) is 0 Å². The molecule has 2 aromatic heterocycles. The van der Waals surface area contributed by atoms with Crippen LogP contribution in [-0.4, -0.2) is 24.5 Å². The molecular formula is C19H25Cl2N5Pd. The van der Waals surface area contributed by atoms with Gasteiger partial charge in [-0.05, 0) is 45.4 Å². The molecule has 0 aliphatic heterocycles. The Balaban J connectivity index is 0.00000225. The first kappa shape index (κ1) is 25.8. The largest absolute Gasteiger partial charge is 2.00 e. The van der Waals surface area contributed by atoms with Crippen LogP contribution in [-0.2, 0) is 40.3 Å². The van der Waals surface area contributed by atoms with Gasteiger partial charge >= 0.3 is 20.4 Å². The number of aromatic nitrogens is 4. The van der Waals surface area contributed by atoms with Gasteiger partial charge in [-0.2, -0.15) is 10.2 Å². The zero-order valence-corrected chi connectivity index (χ0v) is 19.0. The summed E-state index contributed by atoms with van der Waals surface area (Å²) in [7, 11) is 0. The van der Waals surface area contributed by atoms with Crippen LogP contribution in [0.15, 0.2) is 42.5 Å². The molecule has 1 aromatic carbocycles. The summed E-state index contributed by atoms with van der Waals surface area (Å²) in [5.74, 6) is 0. The maximum Gasteiger partial charge on any atom is 2.00 e. The molecule has 0 unspecified atom stereocenters. The van der Waals surface area contributed by atoms with Crippen molar-refractivity contribution in [2.45, 2.75) is 47.6 Å². The summed E-state index contributed by atoms with van der Waals surface area (Å²) < 4.78 is 4.12.